The summed E-state index contributed by atoms with van der Waals surface area (Å²) in [5.41, 5.74) is 0.860. The maximum absolute atomic E-state index is 12.1. The molecule has 0 aliphatic heterocycles. The Morgan fingerprint density at radius 1 is 1.04 bits per heavy atom. The highest BCUT2D eigenvalue weighted by Crippen LogP contribution is 2.63. The Kier molecular flexibility index (Phi) is 4.11. The highest BCUT2D eigenvalue weighted by Gasteiger charge is 2.54. The van der Waals surface area contributed by atoms with Crippen molar-refractivity contribution in [2.75, 3.05) is 0 Å². The molecular formula is C19H26O4. The molecule has 4 rings (SSSR count). The second-order valence-corrected chi connectivity index (χ2v) is 7.98. The van der Waals surface area contributed by atoms with E-state index in [-0.39, 0.29) is 11.0 Å². The van der Waals surface area contributed by atoms with E-state index >= 15 is 0 Å². The lowest BCUT2D eigenvalue weighted by Gasteiger charge is -2.60. The van der Waals surface area contributed by atoms with Crippen molar-refractivity contribution >= 4 is 11.9 Å². The summed E-state index contributed by atoms with van der Waals surface area (Å²) in [6, 6.07) is 0. The van der Waals surface area contributed by atoms with Crippen LogP contribution < -0.4 is 0 Å². The van der Waals surface area contributed by atoms with E-state index in [1.54, 1.807) is 6.92 Å². The first-order chi connectivity index (χ1) is 10.8. The maximum Gasteiger partial charge on any atom is 0.381 e. The molecule has 0 saturated heterocycles. The van der Waals surface area contributed by atoms with Gasteiger partial charge in [0.2, 0.25) is 0 Å². The van der Waals surface area contributed by atoms with Crippen molar-refractivity contribution < 1.29 is 19.4 Å². The van der Waals surface area contributed by atoms with Gasteiger partial charge in [0.25, 0.3) is 0 Å². The molecule has 0 aromatic heterocycles. The van der Waals surface area contributed by atoms with Crippen LogP contribution in [-0.2, 0) is 19.4 Å². The Bertz CT molecular complexity index is 560. The van der Waals surface area contributed by atoms with E-state index in [2.05, 4.69) is 29.4 Å². The van der Waals surface area contributed by atoms with Crippen LogP contribution in [0, 0.1) is 29.1 Å². The van der Waals surface area contributed by atoms with Crippen molar-refractivity contribution in [3.63, 3.8) is 0 Å². The van der Waals surface area contributed by atoms with E-state index in [1.807, 2.05) is 0 Å². The van der Waals surface area contributed by atoms with Crippen molar-refractivity contribution in [1.82, 2.24) is 0 Å². The smallest absolute Gasteiger partial charge is 0.242 e. The molecule has 4 aliphatic carbocycles. The minimum Gasteiger partial charge on any atom is -0.242 e. The monoisotopic (exact) mass is 318 g/mol. The van der Waals surface area contributed by atoms with Crippen LogP contribution in [0.25, 0.3) is 0 Å². The van der Waals surface area contributed by atoms with Gasteiger partial charge in [0.1, 0.15) is 0 Å². The number of hydrogen-bond donors (Lipinski definition) is 0. The fourth-order valence-electron chi connectivity index (χ4n) is 5.31. The van der Waals surface area contributed by atoms with Crippen LogP contribution in [0.1, 0.15) is 52.9 Å². The molecule has 4 bridgehead atoms. The Hall–Kier alpha value is -1.58. The van der Waals surface area contributed by atoms with E-state index in [9.17, 15) is 9.59 Å². The quantitative estimate of drug-likeness (QED) is 0.449. The van der Waals surface area contributed by atoms with Crippen LogP contribution in [0.15, 0.2) is 23.8 Å². The second kappa shape index (κ2) is 5.81. The van der Waals surface area contributed by atoms with Crippen molar-refractivity contribution in [2.24, 2.45) is 29.1 Å². The molecular weight excluding hydrogens is 292 g/mol. The summed E-state index contributed by atoms with van der Waals surface area (Å²) in [4.78, 5) is 32.6. The number of hydrogen-bond acceptors (Lipinski definition) is 4. The lowest BCUT2D eigenvalue weighted by Crippen LogP contribution is -2.50. The van der Waals surface area contributed by atoms with Gasteiger partial charge in [-0.2, -0.15) is 0 Å². The normalized spacial score (nSPS) is 38.3. The third-order valence-electron chi connectivity index (χ3n) is 6.26. The Morgan fingerprint density at radius 2 is 1.61 bits per heavy atom. The summed E-state index contributed by atoms with van der Waals surface area (Å²) in [6.45, 7) is 9.05. The molecule has 4 heteroatoms. The molecule has 0 radical (unpaired) electrons. The summed E-state index contributed by atoms with van der Waals surface area (Å²) in [6.07, 6.45) is 8.53. The molecule has 0 N–H and O–H groups in total. The molecule has 3 atom stereocenters. The number of allylic oxidation sites excluding steroid dienone is 1. The highest BCUT2D eigenvalue weighted by molar-refractivity contribution is 5.90. The van der Waals surface area contributed by atoms with E-state index in [0.717, 1.165) is 17.8 Å². The SMILES string of the molecule is C=C(C)C(=O)OOC(=O)/C(C)=C/C12CC3CC(CC(C3)C1C)C2. The molecule has 3 unspecified atom stereocenters. The van der Waals surface area contributed by atoms with E-state index < -0.39 is 11.9 Å². The van der Waals surface area contributed by atoms with Crippen molar-refractivity contribution in [3.8, 4) is 0 Å². The molecule has 0 aromatic carbocycles. The molecule has 0 spiro atoms. The number of carbonyl (C=O) groups is 2. The summed E-state index contributed by atoms with van der Waals surface area (Å²) in [7, 11) is 0. The lowest BCUT2D eigenvalue weighted by atomic mass is 9.45. The summed E-state index contributed by atoms with van der Waals surface area (Å²) in [5, 5.41) is 0. The first-order valence-corrected chi connectivity index (χ1v) is 8.59. The largest absolute Gasteiger partial charge is 0.381 e. The molecule has 23 heavy (non-hydrogen) atoms. The summed E-state index contributed by atoms with van der Waals surface area (Å²) >= 11 is 0. The van der Waals surface area contributed by atoms with Crippen LogP contribution in [-0.4, -0.2) is 11.9 Å². The maximum atomic E-state index is 12.1. The zero-order valence-electron chi connectivity index (χ0n) is 14.3. The average molecular weight is 318 g/mol. The van der Waals surface area contributed by atoms with E-state index in [1.165, 1.54) is 39.0 Å². The molecule has 4 nitrogen and oxygen atoms in total. The molecule has 4 aliphatic rings. The van der Waals surface area contributed by atoms with Gasteiger partial charge in [0.05, 0.1) is 0 Å². The van der Waals surface area contributed by atoms with Crippen molar-refractivity contribution in [2.45, 2.75) is 52.9 Å². The average Bonchev–Trinajstić information content (AvgIpc) is 2.48. The zero-order valence-corrected chi connectivity index (χ0v) is 14.3. The van der Waals surface area contributed by atoms with Gasteiger partial charge in [0.15, 0.2) is 0 Å². The van der Waals surface area contributed by atoms with Gasteiger partial charge in [-0.3, -0.25) is 0 Å². The van der Waals surface area contributed by atoms with Gasteiger partial charge >= 0.3 is 11.9 Å². The molecule has 0 aromatic rings. The first kappa shape index (κ1) is 16.3. The third-order valence-corrected chi connectivity index (χ3v) is 6.26. The fraction of sp³-hybridized carbons (Fsp3) is 0.684. The predicted molar refractivity (Wildman–Crippen MR) is 85.9 cm³/mol. The van der Waals surface area contributed by atoms with Gasteiger partial charge < -0.3 is 0 Å². The topological polar surface area (TPSA) is 52.6 Å². The molecule has 4 fully saturated rings. The summed E-state index contributed by atoms with van der Waals surface area (Å²) < 4.78 is 0. The van der Waals surface area contributed by atoms with E-state index in [0.29, 0.717) is 11.5 Å². The number of rotatable bonds is 3. The first-order valence-electron chi connectivity index (χ1n) is 8.59. The zero-order chi connectivity index (χ0) is 16.8. The van der Waals surface area contributed by atoms with Crippen LogP contribution in [0.3, 0.4) is 0 Å². The molecule has 4 saturated carbocycles. The minimum absolute atomic E-state index is 0.121. The summed E-state index contributed by atoms with van der Waals surface area (Å²) in [5.74, 6) is 1.73. The Balaban J connectivity index is 1.71. The van der Waals surface area contributed by atoms with Gasteiger partial charge in [-0.15, -0.1) is 0 Å². The number of carbonyl (C=O) groups excluding carboxylic acids is 2. The standard InChI is InChI=1S/C19H26O4/c1-11(2)17(20)22-23-18(21)12(3)8-19-9-14-5-15(10-19)7-16(6-14)13(19)4/h8,13-16H,1,5-7,9-10H2,2-4H3/b12-8+. The van der Waals surface area contributed by atoms with Crippen LogP contribution in [0.4, 0.5) is 0 Å². The minimum atomic E-state index is -0.714. The van der Waals surface area contributed by atoms with Gasteiger partial charge in [-0.05, 0) is 75.0 Å². The molecule has 126 valence electrons. The van der Waals surface area contributed by atoms with Crippen LogP contribution in [0.2, 0.25) is 0 Å². The van der Waals surface area contributed by atoms with Crippen LogP contribution in [0.5, 0.6) is 0 Å². The van der Waals surface area contributed by atoms with Crippen LogP contribution >= 0.6 is 0 Å². The van der Waals surface area contributed by atoms with Gasteiger partial charge in [-0.1, -0.05) is 19.6 Å². The van der Waals surface area contributed by atoms with E-state index in [4.69, 9.17) is 0 Å². The Labute approximate surface area is 137 Å². The Morgan fingerprint density at radius 3 is 2.17 bits per heavy atom. The molecule has 0 heterocycles. The fourth-order valence-corrected chi connectivity index (χ4v) is 5.31. The van der Waals surface area contributed by atoms with Gasteiger partial charge in [0, 0.05) is 11.1 Å². The van der Waals surface area contributed by atoms with Crippen molar-refractivity contribution in [3.05, 3.63) is 23.8 Å². The van der Waals surface area contributed by atoms with Crippen molar-refractivity contribution in [1.29, 1.82) is 0 Å². The molecule has 0 amide bonds. The highest BCUT2D eigenvalue weighted by atomic mass is 17.2. The van der Waals surface area contributed by atoms with Gasteiger partial charge in [-0.25, -0.2) is 19.4 Å². The predicted octanol–water partition coefficient (Wildman–Crippen LogP) is 3.97. The second-order valence-electron chi connectivity index (χ2n) is 7.98. The lowest BCUT2D eigenvalue weighted by molar-refractivity contribution is -0.252. The third kappa shape index (κ3) is 2.96.